The normalized spacial score (nSPS) is 10.9. The van der Waals surface area contributed by atoms with E-state index in [1.807, 2.05) is 48.5 Å². The van der Waals surface area contributed by atoms with Crippen molar-refractivity contribution in [2.75, 3.05) is 13.7 Å². The lowest BCUT2D eigenvalue weighted by Gasteiger charge is -2.12. The second-order valence-corrected chi connectivity index (χ2v) is 8.59. The van der Waals surface area contributed by atoms with E-state index in [0.29, 0.717) is 30.2 Å². The summed E-state index contributed by atoms with van der Waals surface area (Å²) in [5.74, 6) is 0.746. The van der Waals surface area contributed by atoms with E-state index >= 15 is 0 Å². The van der Waals surface area contributed by atoms with Crippen LogP contribution in [0.1, 0.15) is 23.1 Å². The summed E-state index contributed by atoms with van der Waals surface area (Å²) in [6.45, 7) is 0.915. The fourth-order valence-corrected chi connectivity index (χ4v) is 3.54. The zero-order valence-corrected chi connectivity index (χ0v) is 20.5. The van der Waals surface area contributed by atoms with Crippen molar-refractivity contribution in [2.24, 2.45) is 0 Å². The van der Waals surface area contributed by atoms with E-state index in [9.17, 15) is 10.1 Å². The van der Waals surface area contributed by atoms with Crippen molar-refractivity contribution in [1.82, 2.24) is 5.32 Å². The van der Waals surface area contributed by atoms with Gasteiger partial charge in [0.2, 0.25) is 0 Å². The van der Waals surface area contributed by atoms with Gasteiger partial charge in [0.1, 0.15) is 18.2 Å². The fraction of sp³-hybridized carbons (Fsp3) is 0.185. The number of carbonyl (C=O) groups is 1. The third-order valence-corrected chi connectivity index (χ3v) is 5.66. The van der Waals surface area contributed by atoms with Crippen molar-refractivity contribution in [3.05, 3.63) is 98.6 Å². The Morgan fingerprint density at radius 2 is 1.79 bits per heavy atom. The molecule has 0 bridgehead atoms. The topological polar surface area (TPSA) is 71.3 Å². The third-order valence-electron chi connectivity index (χ3n) is 4.94. The van der Waals surface area contributed by atoms with Crippen molar-refractivity contribution in [3.63, 3.8) is 0 Å². The zero-order chi connectivity index (χ0) is 23.5. The number of halogens is 1. The average molecular weight is 552 g/mol. The van der Waals surface area contributed by atoms with Gasteiger partial charge in [0.05, 0.1) is 7.11 Å². The maximum atomic E-state index is 12.4. The summed E-state index contributed by atoms with van der Waals surface area (Å²) >= 11 is 2.26. The van der Waals surface area contributed by atoms with Gasteiger partial charge in [-0.15, -0.1) is 0 Å². The molecule has 0 aromatic heterocycles. The van der Waals surface area contributed by atoms with Gasteiger partial charge in [0.15, 0.2) is 11.5 Å². The largest absolute Gasteiger partial charge is 0.493 e. The highest BCUT2D eigenvalue weighted by molar-refractivity contribution is 14.1. The first-order valence-electron chi connectivity index (χ1n) is 10.6. The number of hydrogen-bond donors (Lipinski definition) is 1. The number of rotatable bonds is 10. The molecule has 5 nitrogen and oxygen atoms in total. The predicted octanol–water partition coefficient (Wildman–Crippen LogP) is 5.53. The van der Waals surface area contributed by atoms with Gasteiger partial charge in [-0.05, 0) is 82.5 Å². The van der Waals surface area contributed by atoms with Crippen LogP contribution in [0.15, 0.2) is 78.4 Å². The van der Waals surface area contributed by atoms with Crippen LogP contribution in [0.4, 0.5) is 0 Å². The van der Waals surface area contributed by atoms with Gasteiger partial charge < -0.3 is 14.8 Å². The van der Waals surface area contributed by atoms with E-state index in [-0.39, 0.29) is 11.5 Å². The van der Waals surface area contributed by atoms with Crippen LogP contribution in [0.25, 0.3) is 6.08 Å². The summed E-state index contributed by atoms with van der Waals surface area (Å²) in [4.78, 5) is 12.4. The Bertz CT molecular complexity index is 1140. The maximum Gasteiger partial charge on any atom is 0.261 e. The summed E-state index contributed by atoms with van der Waals surface area (Å²) in [5, 5.41) is 12.3. The van der Waals surface area contributed by atoms with Gasteiger partial charge >= 0.3 is 0 Å². The standard InChI is InChI=1S/C27H25IN2O3/c1-32-26-17-22(11-14-25(26)33-19-21-9-12-24(28)13-10-21)16-23(18-29)27(31)30-15-5-8-20-6-3-2-4-7-20/h2-4,6-7,9-14,16-17H,5,8,15,19H2,1H3,(H,30,31)/b23-16-. The van der Waals surface area contributed by atoms with Crippen LogP contribution in [0, 0.1) is 14.9 Å². The summed E-state index contributed by atoms with van der Waals surface area (Å²) in [6.07, 6.45) is 3.22. The summed E-state index contributed by atoms with van der Waals surface area (Å²) in [5.41, 5.74) is 3.00. The molecule has 0 saturated heterocycles. The predicted molar refractivity (Wildman–Crippen MR) is 138 cm³/mol. The molecule has 0 heterocycles. The van der Waals surface area contributed by atoms with E-state index in [4.69, 9.17) is 9.47 Å². The molecule has 0 aliphatic heterocycles. The van der Waals surface area contributed by atoms with Crippen LogP contribution in [-0.2, 0) is 17.8 Å². The lowest BCUT2D eigenvalue weighted by molar-refractivity contribution is -0.117. The van der Waals surface area contributed by atoms with Crippen LogP contribution in [0.5, 0.6) is 11.5 Å². The third kappa shape index (κ3) is 7.65. The second-order valence-electron chi connectivity index (χ2n) is 7.34. The minimum absolute atomic E-state index is 0.0457. The number of hydrogen-bond acceptors (Lipinski definition) is 4. The molecular formula is C27H25IN2O3. The summed E-state index contributed by atoms with van der Waals surface area (Å²) in [7, 11) is 1.56. The molecule has 0 fully saturated rings. The molecule has 3 aromatic carbocycles. The average Bonchev–Trinajstić information content (AvgIpc) is 2.85. The number of nitriles is 1. The van der Waals surface area contributed by atoms with Crippen molar-refractivity contribution in [1.29, 1.82) is 5.26 Å². The molecule has 6 heteroatoms. The van der Waals surface area contributed by atoms with Crippen molar-refractivity contribution in [2.45, 2.75) is 19.4 Å². The first-order valence-corrected chi connectivity index (χ1v) is 11.7. The van der Waals surface area contributed by atoms with E-state index in [0.717, 1.165) is 18.4 Å². The van der Waals surface area contributed by atoms with E-state index in [1.165, 1.54) is 9.13 Å². The van der Waals surface area contributed by atoms with Crippen LogP contribution in [-0.4, -0.2) is 19.6 Å². The quantitative estimate of drug-likeness (QED) is 0.155. The molecule has 0 saturated carbocycles. The molecule has 33 heavy (non-hydrogen) atoms. The van der Waals surface area contributed by atoms with Crippen molar-refractivity contribution < 1.29 is 14.3 Å². The van der Waals surface area contributed by atoms with Crippen LogP contribution >= 0.6 is 22.6 Å². The number of amides is 1. The summed E-state index contributed by atoms with van der Waals surface area (Å²) < 4.78 is 12.5. The van der Waals surface area contributed by atoms with Gasteiger partial charge in [-0.2, -0.15) is 5.26 Å². The molecule has 168 valence electrons. The number of nitrogens with zero attached hydrogens (tertiary/aromatic N) is 1. The zero-order valence-electron chi connectivity index (χ0n) is 18.4. The number of methoxy groups -OCH3 is 1. The Labute approximate surface area is 208 Å². The summed E-state index contributed by atoms with van der Waals surface area (Å²) in [6, 6.07) is 25.5. The monoisotopic (exact) mass is 552 g/mol. The molecule has 0 spiro atoms. The van der Waals surface area contributed by atoms with Crippen molar-refractivity contribution >= 4 is 34.6 Å². The number of nitrogens with one attached hydrogen (secondary N) is 1. The Morgan fingerprint density at radius 1 is 1.03 bits per heavy atom. The lowest BCUT2D eigenvalue weighted by Crippen LogP contribution is -2.25. The Balaban J connectivity index is 1.59. The van der Waals surface area contributed by atoms with E-state index in [1.54, 1.807) is 31.4 Å². The SMILES string of the molecule is COc1cc(/C=C(/C#N)C(=O)NCCCc2ccccc2)ccc1OCc1ccc(I)cc1. The Hall–Kier alpha value is -3.31. The van der Waals surface area contributed by atoms with Gasteiger partial charge in [-0.25, -0.2) is 0 Å². The molecule has 3 aromatic rings. The van der Waals surface area contributed by atoms with Gasteiger partial charge in [-0.1, -0.05) is 48.5 Å². The fourth-order valence-electron chi connectivity index (χ4n) is 3.18. The molecule has 0 atom stereocenters. The smallest absolute Gasteiger partial charge is 0.261 e. The highest BCUT2D eigenvalue weighted by Crippen LogP contribution is 2.29. The molecule has 1 amide bonds. The molecular weight excluding hydrogens is 527 g/mol. The van der Waals surface area contributed by atoms with Gasteiger partial charge in [-0.3, -0.25) is 4.79 Å². The maximum absolute atomic E-state index is 12.4. The highest BCUT2D eigenvalue weighted by atomic mass is 127. The van der Waals surface area contributed by atoms with Crippen LogP contribution < -0.4 is 14.8 Å². The molecule has 0 aliphatic carbocycles. The Kier molecular flexibility index (Phi) is 9.33. The first-order chi connectivity index (χ1) is 16.1. The highest BCUT2D eigenvalue weighted by Gasteiger charge is 2.11. The number of benzene rings is 3. The lowest BCUT2D eigenvalue weighted by atomic mass is 10.1. The Morgan fingerprint density at radius 3 is 2.48 bits per heavy atom. The van der Waals surface area contributed by atoms with Gasteiger partial charge in [0.25, 0.3) is 5.91 Å². The van der Waals surface area contributed by atoms with Crippen LogP contribution in [0.2, 0.25) is 0 Å². The molecule has 0 aliphatic rings. The minimum atomic E-state index is -0.386. The van der Waals surface area contributed by atoms with E-state index < -0.39 is 0 Å². The molecule has 3 rings (SSSR count). The van der Waals surface area contributed by atoms with Crippen molar-refractivity contribution in [3.8, 4) is 17.6 Å². The number of aryl methyl sites for hydroxylation is 1. The number of ether oxygens (including phenoxy) is 2. The second kappa shape index (κ2) is 12.7. The van der Waals surface area contributed by atoms with E-state index in [2.05, 4.69) is 40.0 Å². The molecule has 0 radical (unpaired) electrons. The minimum Gasteiger partial charge on any atom is -0.493 e. The molecule has 1 N–H and O–H groups in total. The first kappa shape index (κ1) is 24.3. The number of carbonyl (C=O) groups excluding carboxylic acids is 1. The molecule has 0 unspecified atom stereocenters. The van der Waals surface area contributed by atoms with Gasteiger partial charge in [0, 0.05) is 10.1 Å². The van der Waals surface area contributed by atoms with Crippen LogP contribution in [0.3, 0.4) is 0 Å².